The third kappa shape index (κ3) is 1.85. The number of carbonyl (C=O) groups excluding carboxylic acids is 1. The standard InChI is InChI=1S/C15H20N2O3/c1-19-12-5-4-11(10-13(12)20-2)15-7-6-14(18)17(15)9-3-8-16-15/h4-5,10,16H,3,6-9H2,1-2H3/t15-/m1/s1. The second-order valence-corrected chi connectivity index (χ2v) is 5.26. The highest BCUT2D eigenvalue weighted by Gasteiger charge is 2.47. The van der Waals surface area contributed by atoms with E-state index in [2.05, 4.69) is 5.32 Å². The van der Waals surface area contributed by atoms with Crippen LogP contribution in [0.3, 0.4) is 0 Å². The number of nitrogens with one attached hydrogen (secondary N) is 1. The van der Waals surface area contributed by atoms with Crippen LogP contribution in [0.5, 0.6) is 11.5 Å². The number of amides is 1. The third-order valence-electron chi connectivity index (χ3n) is 4.30. The van der Waals surface area contributed by atoms with Crippen molar-refractivity contribution in [2.75, 3.05) is 27.3 Å². The first-order valence-electron chi connectivity index (χ1n) is 6.99. The number of methoxy groups -OCH3 is 2. The van der Waals surface area contributed by atoms with E-state index in [4.69, 9.17) is 9.47 Å². The van der Waals surface area contributed by atoms with Gasteiger partial charge in [0.05, 0.1) is 14.2 Å². The Balaban J connectivity index is 2.04. The Morgan fingerprint density at radius 2 is 2.05 bits per heavy atom. The Hall–Kier alpha value is -1.75. The number of ether oxygens (including phenoxy) is 2. The summed E-state index contributed by atoms with van der Waals surface area (Å²) in [6.45, 7) is 1.75. The minimum atomic E-state index is -0.366. The number of hydrogen-bond acceptors (Lipinski definition) is 4. The molecule has 1 atom stereocenters. The van der Waals surface area contributed by atoms with Crippen molar-refractivity contribution < 1.29 is 14.3 Å². The number of rotatable bonds is 3. The normalized spacial score (nSPS) is 25.5. The summed E-state index contributed by atoms with van der Waals surface area (Å²) in [4.78, 5) is 14.1. The van der Waals surface area contributed by atoms with Crippen molar-refractivity contribution in [3.63, 3.8) is 0 Å². The lowest BCUT2D eigenvalue weighted by Crippen LogP contribution is -2.58. The van der Waals surface area contributed by atoms with Gasteiger partial charge in [0.1, 0.15) is 5.66 Å². The second-order valence-electron chi connectivity index (χ2n) is 5.26. The summed E-state index contributed by atoms with van der Waals surface area (Å²) in [6, 6.07) is 5.90. The number of nitrogens with zero attached hydrogens (tertiary/aromatic N) is 1. The first-order chi connectivity index (χ1) is 9.71. The van der Waals surface area contributed by atoms with Crippen LogP contribution in [0.1, 0.15) is 24.8 Å². The van der Waals surface area contributed by atoms with Gasteiger partial charge in [-0.1, -0.05) is 6.07 Å². The predicted molar refractivity (Wildman–Crippen MR) is 74.8 cm³/mol. The van der Waals surface area contributed by atoms with E-state index in [0.29, 0.717) is 17.9 Å². The second kappa shape index (κ2) is 4.98. The zero-order valence-electron chi connectivity index (χ0n) is 11.9. The van der Waals surface area contributed by atoms with Crippen LogP contribution in [0.2, 0.25) is 0 Å². The molecule has 2 aliphatic heterocycles. The lowest BCUT2D eigenvalue weighted by molar-refractivity contribution is -0.133. The van der Waals surface area contributed by atoms with Crippen LogP contribution >= 0.6 is 0 Å². The molecule has 5 heteroatoms. The highest BCUT2D eigenvalue weighted by molar-refractivity contribution is 5.80. The molecule has 1 amide bonds. The summed E-state index contributed by atoms with van der Waals surface area (Å²) in [5.74, 6) is 1.64. The van der Waals surface area contributed by atoms with Crippen molar-refractivity contribution in [3.8, 4) is 11.5 Å². The molecule has 0 radical (unpaired) electrons. The van der Waals surface area contributed by atoms with Gasteiger partial charge in [-0.05, 0) is 37.1 Å². The molecule has 3 rings (SSSR count). The fourth-order valence-electron chi connectivity index (χ4n) is 3.30. The molecule has 2 aliphatic rings. The Morgan fingerprint density at radius 1 is 1.25 bits per heavy atom. The zero-order chi connectivity index (χ0) is 14.2. The van der Waals surface area contributed by atoms with Crippen molar-refractivity contribution in [1.29, 1.82) is 0 Å². The van der Waals surface area contributed by atoms with Gasteiger partial charge in [-0.15, -0.1) is 0 Å². The molecular formula is C15H20N2O3. The SMILES string of the molecule is COc1ccc([C@@]23CCC(=O)N2CCCN3)cc1OC. The quantitative estimate of drug-likeness (QED) is 0.908. The van der Waals surface area contributed by atoms with Crippen molar-refractivity contribution >= 4 is 5.91 Å². The molecule has 0 unspecified atom stereocenters. The number of fused-ring (bicyclic) bond motifs is 1. The molecule has 108 valence electrons. The molecule has 1 N–H and O–H groups in total. The zero-order valence-corrected chi connectivity index (χ0v) is 11.9. The van der Waals surface area contributed by atoms with Crippen LogP contribution in [-0.2, 0) is 10.5 Å². The van der Waals surface area contributed by atoms with E-state index in [1.54, 1.807) is 14.2 Å². The topological polar surface area (TPSA) is 50.8 Å². The highest BCUT2D eigenvalue weighted by Crippen LogP contribution is 2.41. The molecule has 1 aromatic carbocycles. The molecule has 0 bridgehead atoms. The fraction of sp³-hybridized carbons (Fsp3) is 0.533. The number of carbonyl (C=O) groups is 1. The summed E-state index contributed by atoms with van der Waals surface area (Å²) in [6.07, 6.45) is 2.41. The fourth-order valence-corrected chi connectivity index (χ4v) is 3.30. The van der Waals surface area contributed by atoms with E-state index in [0.717, 1.165) is 31.5 Å². The minimum Gasteiger partial charge on any atom is -0.493 e. The molecule has 0 aromatic heterocycles. The Morgan fingerprint density at radius 3 is 2.80 bits per heavy atom. The number of benzene rings is 1. The molecule has 2 saturated heterocycles. The molecule has 0 spiro atoms. The van der Waals surface area contributed by atoms with E-state index in [1.165, 1.54) is 0 Å². The van der Waals surface area contributed by atoms with Gasteiger partial charge in [-0.25, -0.2) is 0 Å². The van der Waals surface area contributed by atoms with Gasteiger partial charge in [0.15, 0.2) is 11.5 Å². The van der Waals surface area contributed by atoms with Gasteiger partial charge < -0.3 is 14.4 Å². The maximum absolute atomic E-state index is 12.1. The summed E-state index contributed by atoms with van der Waals surface area (Å²) in [7, 11) is 3.26. The molecule has 1 aromatic rings. The largest absolute Gasteiger partial charge is 0.493 e. The third-order valence-corrected chi connectivity index (χ3v) is 4.30. The Labute approximate surface area is 118 Å². The van der Waals surface area contributed by atoms with Gasteiger partial charge in [-0.3, -0.25) is 10.1 Å². The summed E-state index contributed by atoms with van der Waals surface area (Å²) in [5.41, 5.74) is 0.704. The van der Waals surface area contributed by atoms with Gasteiger partial charge in [0, 0.05) is 13.0 Å². The summed E-state index contributed by atoms with van der Waals surface area (Å²) >= 11 is 0. The Bertz CT molecular complexity index is 532. The van der Waals surface area contributed by atoms with E-state index in [9.17, 15) is 4.79 Å². The molecular weight excluding hydrogens is 256 g/mol. The van der Waals surface area contributed by atoms with Gasteiger partial charge in [0.2, 0.25) is 5.91 Å². The van der Waals surface area contributed by atoms with Crippen LogP contribution in [0, 0.1) is 0 Å². The number of hydrogen-bond donors (Lipinski definition) is 1. The summed E-state index contributed by atoms with van der Waals surface area (Å²) < 4.78 is 10.7. The first kappa shape index (κ1) is 13.2. The van der Waals surface area contributed by atoms with Crippen molar-refractivity contribution in [2.24, 2.45) is 0 Å². The average molecular weight is 276 g/mol. The summed E-state index contributed by atoms with van der Waals surface area (Å²) in [5, 5.41) is 3.54. The van der Waals surface area contributed by atoms with Gasteiger partial charge in [0.25, 0.3) is 0 Å². The van der Waals surface area contributed by atoms with Gasteiger partial charge >= 0.3 is 0 Å². The molecule has 2 fully saturated rings. The van der Waals surface area contributed by atoms with Crippen LogP contribution < -0.4 is 14.8 Å². The van der Waals surface area contributed by atoms with Crippen LogP contribution in [0.4, 0.5) is 0 Å². The van der Waals surface area contributed by atoms with Crippen molar-refractivity contribution in [3.05, 3.63) is 23.8 Å². The lowest BCUT2D eigenvalue weighted by Gasteiger charge is -2.43. The molecule has 20 heavy (non-hydrogen) atoms. The molecule has 0 saturated carbocycles. The van der Waals surface area contributed by atoms with Crippen molar-refractivity contribution in [2.45, 2.75) is 24.9 Å². The monoisotopic (exact) mass is 276 g/mol. The lowest BCUT2D eigenvalue weighted by atomic mass is 9.94. The predicted octanol–water partition coefficient (Wildman–Crippen LogP) is 1.47. The van der Waals surface area contributed by atoms with Crippen LogP contribution in [0.15, 0.2) is 18.2 Å². The van der Waals surface area contributed by atoms with E-state index in [1.807, 2.05) is 23.1 Å². The molecule has 5 nitrogen and oxygen atoms in total. The van der Waals surface area contributed by atoms with Crippen LogP contribution in [0.25, 0.3) is 0 Å². The van der Waals surface area contributed by atoms with Gasteiger partial charge in [-0.2, -0.15) is 0 Å². The van der Waals surface area contributed by atoms with E-state index >= 15 is 0 Å². The highest BCUT2D eigenvalue weighted by atomic mass is 16.5. The van der Waals surface area contributed by atoms with Crippen molar-refractivity contribution in [1.82, 2.24) is 10.2 Å². The molecule has 0 aliphatic carbocycles. The van der Waals surface area contributed by atoms with Crippen LogP contribution in [-0.4, -0.2) is 38.1 Å². The van der Waals surface area contributed by atoms with E-state index in [-0.39, 0.29) is 11.6 Å². The molecule has 2 heterocycles. The van der Waals surface area contributed by atoms with E-state index < -0.39 is 0 Å². The maximum Gasteiger partial charge on any atom is 0.224 e. The Kier molecular flexibility index (Phi) is 3.30. The first-order valence-corrected chi connectivity index (χ1v) is 6.99. The maximum atomic E-state index is 12.1. The average Bonchev–Trinajstić information content (AvgIpc) is 2.85. The minimum absolute atomic E-state index is 0.229. The smallest absolute Gasteiger partial charge is 0.224 e.